The molecule has 98 valence electrons. The zero-order valence-electron chi connectivity index (χ0n) is 9.94. The maximum Gasteiger partial charge on any atom is 0.522 e. The largest absolute Gasteiger partial charge is 0.522 e. The Bertz CT molecular complexity index is 161. The van der Waals surface area contributed by atoms with E-state index in [1.54, 1.807) is 0 Å². The van der Waals surface area contributed by atoms with Gasteiger partial charge in [0.25, 0.3) is 0 Å². The number of alkyl halides is 3. The van der Waals surface area contributed by atoms with Crippen molar-refractivity contribution in [2.24, 2.45) is 0 Å². The number of nitrogens with zero attached hydrogens (tertiary/aromatic N) is 1. The Kier molecular flexibility index (Phi) is 8.60. The molecule has 0 saturated carbocycles. The Labute approximate surface area is 94.9 Å². The van der Waals surface area contributed by atoms with E-state index in [1.807, 2.05) is 0 Å². The molecular formula is C10H21F3N2O. The van der Waals surface area contributed by atoms with Crippen molar-refractivity contribution in [1.29, 1.82) is 0 Å². The second kappa shape index (κ2) is 8.78. The highest BCUT2D eigenvalue weighted by Crippen LogP contribution is 2.14. The van der Waals surface area contributed by atoms with Gasteiger partial charge in [0.15, 0.2) is 0 Å². The molecule has 0 aliphatic carbocycles. The average molecular weight is 242 g/mol. The third-order valence-electron chi connectivity index (χ3n) is 2.27. The number of ether oxygens (including phenoxy) is 1. The van der Waals surface area contributed by atoms with Crippen molar-refractivity contribution < 1.29 is 17.9 Å². The average Bonchev–Trinajstić information content (AvgIpc) is 2.21. The first-order valence-electron chi connectivity index (χ1n) is 5.63. The summed E-state index contributed by atoms with van der Waals surface area (Å²) in [6, 6.07) is 0. The van der Waals surface area contributed by atoms with Crippen molar-refractivity contribution in [2.45, 2.75) is 26.6 Å². The van der Waals surface area contributed by atoms with E-state index in [0.717, 1.165) is 32.6 Å². The van der Waals surface area contributed by atoms with Crippen LogP contribution >= 0.6 is 0 Å². The zero-order chi connectivity index (χ0) is 12.4. The minimum atomic E-state index is -4.51. The molecule has 0 aromatic rings. The summed E-state index contributed by atoms with van der Waals surface area (Å²) >= 11 is 0. The molecule has 6 heteroatoms. The van der Waals surface area contributed by atoms with E-state index in [2.05, 4.69) is 28.8 Å². The SMILES string of the molecule is CCN(CC)CCCNCCOC(F)(F)F. The molecule has 0 aromatic carbocycles. The van der Waals surface area contributed by atoms with Gasteiger partial charge in [-0.2, -0.15) is 0 Å². The van der Waals surface area contributed by atoms with Crippen molar-refractivity contribution in [3.8, 4) is 0 Å². The molecule has 0 radical (unpaired) electrons. The van der Waals surface area contributed by atoms with Crippen LogP contribution in [0.1, 0.15) is 20.3 Å². The Morgan fingerprint density at radius 2 is 1.75 bits per heavy atom. The standard InChI is InChI=1S/C10H21F3N2O/c1-3-15(4-2)8-5-6-14-7-9-16-10(11,12)13/h14H,3-9H2,1-2H3. The van der Waals surface area contributed by atoms with Crippen LogP contribution in [0, 0.1) is 0 Å². The zero-order valence-corrected chi connectivity index (χ0v) is 9.94. The van der Waals surface area contributed by atoms with Crippen molar-refractivity contribution in [3.05, 3.63) is 0 Å². The van der Waals surface area contributed by atoms with Gasteiger partial charge in [-0.15, -0.1) is 13.2 Å². The number of rotatable bonds is 9. The van der Waals surface area contributed by atoms with E-state index < -0.39 is 6.36 Å². The molecule has 0 bridgehead atoms. The molecule has 0 aliphatic heterocycles. The maximum atomic E-state index is 11.6. The first-order valence-corrected chi connectivity index (χ1v) is 5.63. The van der Waals surface area contributed by atoms with E-state index in [0.29, 0.717) is 0 Å². The van der Waals surface area contributed by atoms with Crippen LogP contribution in [0.4, 0.5) is 13.2 Å². The first kappa shape index (κ1) is 15.7. The molecule has 0 heterocycles. The van der Waals surface area contributed by atoms with E-state index in [4.69, 9.17) is 0 Å². The Morgan fingerprint density at radius 3 is 2.25 bits per heavy atom. The Morgan fingerprint density at radius 1 is 1.12 bits per heavy atom. The summed E-state index contributed by atoms with van der Waals surface area (Å²) in [5, 5.41) is 2.91. The molecule has 0 aromatic heterocycles. The summed E-state index contributed by atoms with van der Waals surface area (Å²) in [5.74, 6) is 0. The van der Waals surface area contributed by atoms with Gasteiger partial charge in [-0.25, -0.2) is 0 Å². The fourth-order valence-electron chi connectivity index (χ4n) is 1.33. The van der Waals surface area contributed by atoms with Gasteiger partial charge in [-0.05, 0) is 32.6 Å². The molecule has 0 amide bonds. The number of nitrogens with one attached hydrogen (secondary N) is 1. The first-order chi connectivity index (χ1) is 7.49. The number of halogens is 3. The third kappa shape index (κ3) is 10.2. The van der Waals surface area contributed by atoms with Crippen LogP contribution < -0.4 is 5.32 Å². The van der Waals surface area contributed by atoms with Crippen LogP contribution in [0.3, 0.4) is 0 Å². The van der Waals surface area contributed by atoms with E-state index in [1.165, 1.54) is 0 Å². The Balaban J connectivity index is 3.21. The molecule has 0 unspecified atom stereocenters. The third-order valence-corrected chi connectivity index (χ3v) is 2.27. The molecule has 0 saturated heterocycles. The van der Waals surface area contributed by atoms with E-state index in [9.17, 15) is 13.2 Å². The highest BCUT2D eigenvalue weighted by molar-refractivity contribution is 4.54. The van der Waals surface area contributed by atoms with Crippen LogP contribution in [0.5, 0.6) is 0 Å². The molecule has 0 spiro atoms. The molecule has 0 fully saturated rings. The van der Waals surface area contributed by atoms with Crippen molar-refractivity contribution in [2.75, 3.05) is 39.3 Å². The summed E-state index contributed by atoms with van der Waals surface area (Å²) in [7, 11) is 0. The number of hydrogen-bond acceptors (Lipinski definition) is 3. The second-order valence-electron chi connectivity index (χ2n) is 3.42. The van der Waals surface area contributed by atoms with Gasteiger partial charge in [0.1, 0.15) is 0 Å². The monoisotopic (exact) mass is 242 g/mol. The van der Waals surface area contributed by atoms with Crippen molar-refractivity contribution in [1.82, 2.24) is 10.2 Å². The summed E-state index contributed by atoms with van der Waals surface area (Å²) < 4.78 is 38.3. The summed E-state index contributed by atoms with van der Waals surface area (Å²) in [6.07, 6.45) is -3.57. The van der Waals surface area contributed by atoms with Crippen LogP contribution in [-0.2, 0) is 4.74 Å². The molecule has 0 aliphatic rings. The van der Waals surface area contributed by atoms with Gasteiger partial charge in [0.05, 0.1) is 6.61 Å². The van der Waals surface area contributed by atoms with Gasteiger partial charge in [0, 0.05) is 6.54 Å². The summed E-state index contributed by atoms with van der Waals surface area (Å²) in [5.41, 5.74) is 0. The minimum absolute atomic E-state index is 0.234. The lowest BCUT2D eigenvalue weighted by atomic mass is 10.3. The second-order valence-corrected chi connectivity index (χ2v) is 3.42. The van der Waals surface area contributed by atoms with Crippen LogP contribution in [-0.4, -0.2) is 50.6 Å². The minimum Gasteiger partial charge on any atom is -0.314 e. The lowest BCUT2D eigenvalue weighted by molar-refractivity contribution is -0.323. The highest BCUT2D eigenvalue weighted by atomic mass is 19.4. The summed E-state index contributed by atoms with van der Waals surface area (Å²) in [4.78, 5) is 2.27. The van der Waals surface area contributed by atoms with Gasteiger partial charge in [-0.1, -0.05) is 13.8 Å². The van der Waals surface area contributed by atoms with E-state index >= 15 is 0 Å². The normalized spacial score (nSPS) is 12.4. The summed E-state index contributed by atoms with van der Waals surface area (Å²) in [6.45, 7) is 7.80. The molecule has 1 N–H and O–H groups in total. The topological polar surface area (TPSA) is 24.5 Å². The van der Waals surface area contributed by atoms with Crippen LogP contribution in [0.2, 0.25) is 0 Å². The predicted octanol–water partition coefficient (Wildman–Crippen LogP) is 1.84. The molecule has 0 atom stereocenters. The predicted molar refractivity (Wildman–Crippen MR) is 57.3 cm³/mol. The van der Waals surface area contributed by atoms with Crippen LogP contribution in [0.25, 0.3) is 0 Å². The van der Waals surface area contributed by atoms with Crippen molar-refractivity contribution in [3.63, 3.8) is 0 Å². The molecule has 16 heavy (non-hydrogen) atoms. The molecule has 0 rings (SSSR count). The lowest BCUT2D eigenvalue weighted by Crippen LogP contribution is -2.29. The van der Waals surface area contributed by atoms with E-state index in [-0.39, 0.29) is 13.2 Å². The fraction of sp³-hybridized carbons (Fsp3) is 1.00. The number of hydrogen-bond donors (Lipinski definition) is 1. The van der Waals surface area contributed by atoms with Crippen LogP contribution in [0.15, 0.2) is 0 Å². The maximum absolute atomic E-state index is 11.6. The molecular weight excluding hydrogens is 221 g/mol. The fourth-order valence-corrected chi connectivity index (χ4v) is 1.33. The van der Waals surface area contributed by atoms with Gasteiger partial charge in [-0.3, -0.25) is 4.74 Å². The quantitative estimate of drug-likeness (QED) is 0.624. The molecule has 3 nitrogen and oxygen atoms in total. The Hall–Kier alpha value is -0.330. The highest BCUT2D eigenvalue weighted by Gasteiger charge is 2.28. The van der Waals surface area contributed by atoms with Gasteiger partial charge in [0.2, 0.25) is 0 Å². The lowest BCUT2D eigenvalue weighted by Gasteiger charge is -2.17. The smallest absolute Gasteiger partial charge is 0.314 e. The van der Waals surface area contributed by atoms with Gasteiger partial charge >= 0.3 is 6.36 Å². The van der Waals surface area contributed by atoms with Crippen molar-refractivity contribution >= 4 is 0 Å². The van der Waals surface area contributed by atoms with Gasteiger partial charge < -0.3 is 10.2 Å².